The lowest BCUT2D eigenvalue weighted by atomic mass is 10.3. The molecule has 0 N–H and O–H groups in total. The molecule has 6 rings (SSSR count). The number of nitrogens with zero attached hydrogens (tertiary/aromatic N) is 6. The van der Waals surface area contributed by atoms with Gasteiger partial charge in [-0.2, -0.15) is 0 Å². The van der Waals surface area contributed by atoms with Gasteiger partial charge >= 0.3 is 0 Å². The molecule has 1 saturated heterocycles. The number of thioether (sulfide) groups is 1. The van der Waals surface area contributed by atoms with E-state index in [2.05, 4.69) is 16.7 Å². The summed E-state index contributed by atoms with van der Waals surface area (Å²) in [5, 5.41) is 10.8. The molecule has 4 aromatic carbocycles. The van der Waals surface area contributed by atoms with Gasteiger partial charge in [-0.05, 0) is 84.6 Å². The van der Waals surface area contributed by atoms with Crippen LogP contribution in [-0.4, -0.2) is 34.8 Å². The molecular formula is C31H26N6O2S2. The Kier molecular flexibility index (Phi) is 7.66. The van der Waals surface area contributed by atoms with E-state index in [0.29, 0.717) is 16.0 Å². The van der Waals surface area contributed by atoms with E-state index >= 15 is 0 Å². The normalized spacial score (nSPS) is 16.8. The van der Waals surface area contributed by atoms with E-state index < -0.39 is 0 Å². The molecular weight excluding hydrogens is 553 g/mol. The summed E-state index contributed by atoms with van der Waals surface area (Å²) in [6.07, 6.45) is 0. The third-order valence-electron chi connectivity index (χ3n) is 6.34. The maximum Gasteiger partial charge on any atom is 0.211 e. The van der Waals surface area contributed by atoms with Crippen LogP contribution in [0.4, 0.5) is 17.1 Å². The monoisotopic (exact) mass is 578 g/mol. The summed E-state index contributed by atoms with van der Waals surface area (Å²) < 4.78 is 13.9. The number of aliphatic imine (C=N–C) groups is 2. The number of aromatic nitrogens is 1. The predicted octanol–water partition coefficient (Wildman–Crippen LogP) is 7.14. The first-order chi connectivity index (χ1) is 20.1. The average molecular weight is 579 g/mol. The number of amidine groups is 2. The zero-order valence-corrected chi connectivity index (χ0v) is 24.3. The molecule has 1 aliphatic heterocycles. The van der Waals surface area contributed by atoms with Gasteiger partial charge in [-0.3, -0.25) is 4.90 Å². The maximum atomic E-state index is 5.34. The highest BCUT2D eigenvalue weighted by Gasteiger charge is 2.35. The van der Waals surface area contributed by atoms with Crippen molar-refractivity contribution in [3.05, 3.63) is 108 Å². The van der Waals surface area contributed by atoms with Crippen LogP contribution in [0.15, 0.2) is 123 Å². The molecule has 10 heteroatoms. The Hall–Kier alpha value is -4.67. The number of rotatable bonds is 6. The molecule has 0 bridgehead atoms. The third kappa shape index (κ3) is 5.65. The summed E-state index contributed by atoms with van der Waals surface area (Å²) in [6, 6.07) is 33.5. The lowest BCUT2D eigenvalue weighted by Gasteiger charge is -2.17. The number of anilines is 1. The van der Waals surface area contributed by atoms with Crippen LogP contribution in [0, 0.1) is 0 Å². The van der Waals surface area contributed by atoms with Gasteiger partial charge in [0.25, 0.3) is 0 Å². The lowest BCUT2D eigenvalue weighted by molar-refractivity contribution is 0.415. The van der Waals surface area contributed by atoms with Crippen molar-refractivity contribution in [1.82, 2.24) is 4.57 Å². The van der Waals surface area contributed by atoms with E-state index in [1.54, 1.807) is 25.6 Å². The van der Waals surface area contributed by atoms with Crippen LogP contribution < -0.4 is 19.2 Å². The van der Waals surface area contributed by atoms with E-state index in [0.717, 1.165) is 43.6 Å². The van der Waals surface area contributed by atoms with Crippen LogP contribution >= 0.6 is 23.1 Å². The Morgan fingerprint density at radius 2 is 1.27 bits per heavy atom. The maximum absolute atomic E-state index is 5.34. The summed E-state index contributed by atoms with van der Waals surface area (Å²) in [6.45, 7) is 0. The number of hydrogen-bond donors (Lipinski definition) is 0. The summed E-state index contributed by atoms with van der Waals surface area (Å²) in [5.41, 5.74) is 3.55. The average Bonchev–Trinajstić information content (AvgIpc) is 3.53. The Labute approximate surface area is 245 Å². The van der Waals surface area contributed by atoms with Gasteiger partial charge in [0.2, 0.25) is 9.97 Å². The van der Waals surface area contributed by atoms with Crippen molar-refractivity contribution in [3.63, 3.8) is 0 Å². The van der Waals surface area contributed by atoms with Crippen LogP contribution in [0.2, 0.25) is 0 Å². The minimum absolute atomic E-state index is 0.646. The van der Waals surface area contributed by atoms with Gasteiger partial charge in [0.05, 0.1) is 35.8 Å². The minimum atomic E-state index is 0.646. The SMILES string of the molecule is COc1ccc(N=C2S/C(=N/N=c3sc4ccccc4n3C)N(c3ccccc3)C2=Nc2ccc(OC)cc2)cc1. The summed E-state index contributed by atoms with van der Waals surface area (Å²) in [7, 11) is 5.30. The molecule has 0 atom stereocenters. The number of hydrogen-bond acceptors (Lipinski definition) is 8. The number of methoxy groups -OCH3 is 2. The van der Waals surface area contributed by atoms with Gasteiger partial charge in [-0.25, -0.2) is 9.98 Å². The van der Waals surface area contributed by atoms with Gasteiger partial charge in [-0.1, -0.05) is 41.7 Å². The molecule has 1 fully saturated rings. The fraction of sp³-hybridized carbons (Fsp3) is 0.0968. The van der Waals surface area contributed by atoms with Crippen molar-refractivity contribution in [1.29, 1.82) is 0 Å². The molecule has 41 heavy (non-hydrogen) atoms. The number of ether oxygens (including phenoxy) is 2. The van der Waals surface area contributed by atoms with Gasteiger partial charge in [-0.15, -0.1) is 10.2 Å². The van der Waals surface area contributed by atoms with Gasteiger partial charge in [0.1, 0.15) is 16.5 Å². The second-order valence-electron chi connectivity index (χ2n) is 8.92. The molecule has 0 unspecified atom stereocenters. The number of para-hydroxylation sites is 2. The zero-order chi connectivity index (χ0) is 28.2. The van der Waals surface area contributed by atoms with E-state index in [9.17, 15) is 0 Å². The first-order valence-corrected chi connectivity index (χ1v) is 14.4. The molecule has 1 aromatic heterocycles. The Bertz CT molecular complexity index is 1840. The fourth-order valence-corrected chi connectivity index (χ4v) is 6.11. The summed E-state index contributed by atoms with van der Waals surface area (Å²) >= 11 is 3.02. The highest BCUT2D eigenvalue weighted by Crippen LogP contribution is 2.33. The largest absolute Gasteiger partial charge is 0.497 e. The van der Waals surface area contributed by atoms with Gasteiger partial charge in [0.15, 0.2) is 5.84 Å². The van der Waals surface area contributed by atoms with Crippen LogP contribution in [0.5, 0.6) is 11.5 Å². The van der Waals surface area contributed by atoms with Gasteiger partial charge < -0.3 is 14.0 Å². The topological polar surface area (TPSA) is 76.1 Å². The van der Waals surface area contributed by atoms with Gasteiger partial charge in [0, 0.05) is 12.7 Å². The van der Waals surface area contributed by atoms with Crippen molar-refractivity contribution in [2.45, 2.75) is 0 Å². The number of benzene rings is 4. The van der Waals surface area contributed by atoms with Crippen molar-refractivity contribution in [3.8, 4) is 11.5 Å². The molecule has 2 heterocycles. The van der Waals surface area contributed by atoms with Crippen LogP contribution in [0.25, 0.3) is 10.2 Å². The lowest BCUT2D eigenvalue weighted by Crippen LogP contribution is -2.30. The second-order valence-corrected chi connectivity index (χ2v) is 10.9. The van der Waals surface area contributed by atoms with Crippen molar-refractivity contribution in [2.75, 3.05) is 19.1 Å². The molecule has 1 aliphatic rings. The molecule has 0 amide bonds. The van der Waals surface area contributed by atoms with Crippen molar-refractivity contribution >= 4 is 66.4 Å². The fourth-order valence-electron chi connectivity index (χ4n) is 4.23. The molecule has 0 saturated carbocycles. The second kappa shape index (κ2) is 11.8. The number of aryl methyl sites for hydroxylation is 1. The van der Waals surface area contributed by atoms with E-state index in [1.165, 1.54) is 11.8 Å². The van der Waals surface area contributed by atoms with Crippen LogP contribution in [0.3, 0.4) is 0 Å². The molecule has 0 spiro atoms. The van der Waals surface area contributed by atoms with Crippen LogP contribution in [0.1, 0.15) is 0 Å². The molecule has 204 valence electrons. The predicted molar refractivity (Wildman–Crippen MR) is 170 cm³/mol. The zero-order valence-electron chi connectivity index (χ0n) is 22.6. The standard InChI is InChI=1S/C31H26N6O2S2/c1-36-26-11-7-8-12-27(26)40-30(36)34-35-31-37(23-9-5-4-6-10-23)28(32-21-13-17-24(38-2)18-14-21)29(41-31)33-22-15-19-25(39-3)20-16-22/h4-20H,1-3H3/b32-28?,33-29?,34-30?,35-31+. The smallest absolute Gasteiger partial charge is 0.211 e. The number of fused-ring (bicyclic) bond motifs is 1. The van der Waals surface area contributed by atoms with Crippen LogP contribution in [-0.2, 0) is 7.05 Å². The molecule has 5 aromatic rings. The molecule has 8 nitrogen and oxygen atoms in total. The van der Waals surface area contributed by atoms with Crippen molar-refractivity contribution in [2.24, 2.45) is 27.2 Å². The summed E-state index contributed by atoms with van der Waals surface area (Å²) in [4.78, 5) is 12.8. The first-order valence-electron chi connectivity index (χ1n) is 12.8. The van der Waals surface area contributed by atoms with E-state index in [1.807, 2.05) is 103 Å². The first kappa shape index (κ1) is 26.5. The molecule has 0 radical (unpaired) electrons. The van der Waals surface area contributed by atoms with E-state index in [4.69, 9.17) is 29.7 Å². The number of thiazole rings is 1. The Morgan fingerprint density at radius 1 is 0.659 bits per heavy atom. The Balaban J connectivity index is 1.51. The highest BCUT2D eigenvalue weighted by molar-refractivity contribution is 8.29. The highest BCUT2D eigenvalue weighted by atomic mass is 32.2. The minimum Gasteiger partial charge on any atom is -0.497 e. The third-order valence-corrected chi connectivity index (χ3v) is 8.36. The Morgan fingerprint density at radius 3 is 1.90 bits per heavy atom. The van der Waals surface area contributed by atoms with E-state index in [-0.39, 0.29) is 0 Å². The van der Waals surface area contributed by atoms with Crippen molar-refractivity contribution < 1.29 is 9.47 Å². The molecule has 0 aliphatic carbocycles. The quantitative estimate of drug-likeness (QED) is 0.201. The summed E-state index contributed by atoms with van der Waals surface area (Å²) in [5.74, 6) is 2.18.